The first-order chi connectivity index (χ1) is 14.5. The van der Waals surface area contributed by atoms with Crippen molar-refractivity contribution in [1.82, 2.24) is 20.1 Å². The van der Waals surface area contributed by atoms with Gasteiger partial charge in [-0.15, -0.1) is 22.7 Å². The Balaban J connectivity index is 1.30. The first-order valence-corrected chi connectivity index (χ1v) is 11.2. The van der Waals surface area contributed by atoms with Crippen LogP contribution < -0.4 is 16.4 Å². The Kier molecular flexibility index (Phi) is 5.91. The fourth-order valence-corrected chi connectivity index (χ4v) is 4.81. The maximum Gasteiger partial charge on any atom is 0.273 e. The lowest BCUT2D eigenvalue weighted by Gasteiger charge is -2.08. The second-order valence-electron chi connectivity index (χ2n) is 6.81. The third-order valence-corrected chi connectivity index (χ3v) is 6.61. The molecule has 0 bridgehead atoms. The number of fused-ring (bicyclic) bond motifs is 1. The average Bonchev–Trinajstić information content (AvgIpc) is 3.38. The largest absolute Gasteiger partial charge is 0.356 e. The summed E-state index contributed by atoms with van der Waals surface area (Å²) in [5, 5.41) is 9.21. The predicted molar refractivity (Wildman–Crippen MR) is 120 cm³/mol. The molecular formula is C21H20N4O3S2. The zero-order valence-electron chi connectivity index (χ0n) is 16.3. The Morgan fingerprint density at radius 3 is 2.73 bits per heavy atom. The van der Waals surface area contributed by atoms with Gasteiger partial charge in [0.2, 0.25) is 5.91 Å². The van der Waals surface area contributed by atoms with E-state index in [-0.39, 0.29) is 30.0 Å². The maximum absolute atomic E-state index is 12.5. The van der Waals surface area contributed by atoms with Gasteiger partial charge in [-0.25, -0.2) is 9.67 Å². The molecule has 4 rings (SSSR count). The van der Waals surface area contributed by atoms with Crippen LogP contribution in [0.1, 0.15) is 16.3 Å². The molecule has 0 unspecified atom stereocenters. The van der Waals surface area contributed by atoms with Gasteiger partial charge in [0.25, 0.3) is 11.1 Å². The lowest BCUT2D eigenvalue weighted by molar-refractivity contribution is -0.121. The van der Waals surface area contributed by atoms with Crippen LogP contribution in [0.15, 0.2) is 51.4 Å². The number of nitrogens with zero attached hydrogens (tertiary/aromatic N) is 2. The summed E-state index contributed by atoms with van der Waals surface area (Å²) in [6.45, 7) is 2.62. The van der Waals surface area contributed by atoms with E-state index in [0.29, 0.717) is 17.3 Å². The fourth-order valence-electron chi connectivity index (χ4n) is 3.16. The van der Waals surface area contributed by atoms with E-state index in [0.717, 1.165) is 22.0 Å². The summed E-state index contributed by atoms with van der Waals surface area (Å²) in [5.74, 6) is -0.164. The summed E-state index contributed by atoms with van der Waals surface area (Å²) in [4.78, 5) is 43.5. The molecule has 0 saturated carbocycles. The second kappa shape index (κ2) is 8.76. The molecule has 9 heteroatoms. The first-order valence-electron chi connectivity index (χ1n) is 9.51. The molecule has 0 aliphatic rings. The highest BCUT2D eigenvalue weighted by atomic mass is 32.1. The molecule has 154 valence electrons. The summed E-state index contributed by atoms with van der Waals surface area (Å²) >= 11 is 3.30. The zero-order valence-corrected chi connectivity index (χ0v) is 17.9. The molecule has 30 heavy (non-hydrogen) atoms. The molecule has 0 saturated heterocycles. The smallest absolute Gasteiger partial charge is 0.273 e. The third-order valence-electron chi connectivity index (χ3n) is 4.67. The Hall–Kier alpha value is -3.04. The number of carbonyl (C=O) groups is 1. The van der Waals surface area contributed by atoms with Gasteiger partial charge < -0.3 is 5.32 Å². The van der Waals surface area contributed by atoms with Crippen molar-refractivity contribution in [2.45, 2.75) is 26.3 Å². The number of H-pyrrole nitrogens is 1. The van der Waals surface area contributed by atoms with E-state index >= 15 is 0 Å². The van der Waals surface area contributed by atoms with Gasteiger partial charge in [-0.05, 0) is 37.6 Å². The van der Waals surface area contributed by atoms with Crippen molar-refractivity contribution in [3.8, 4) is 10.6 Å². The van der Waals surface area contributed by atoms with E-state index in [2.05, 4.69) is 27.5 Å². The molecule has 0 spiro atoms. The number of hydrogen-bond acceptors (Lipinski definition) is 6. The number of rotatable bonds is 7. The molecule has 4 aromatic rings. The monoisotopic (exact) mass is 440 g/mol. The summed E-state index contributed by atoms with van der Waals surface area (Å²) in [5.41, 5.74) is 0.350. The molecule has 1 aromatic carbocycles. The van der Waals surface area contributed by atoms with Crippen LogP contribution in [0, 0.1) is 6.92 Å². The van der Waals surface area contributed by atoms with Crippen LogP contribution in [0.4, 0.5) is 0 Å². The number of nitrogens with one attached hydrogen (secondary N) is 2. The van der Waals surface area contributed by atoms with Crippen LogP contribution in [0.25, 0.3) is 21.3 Å². The average molecular weight is 441 g/mol. The van der Waals surface area contributed by atoms with Gasteiger partial charge in [0.15, 0.2) is 0 Å². The summed E-state index contributed by atoms with van der Waals surface area (Å²) in [6, 6.07) is 10.8. The van der Waals surface area contributed by atoms with Crippen molar-refractivity contribution in [2.75, 3.05) is 6.54 Å². The third kappa shape index (κ3) is 4.42. The Morgan fingerprint density at radius 1 is 1.17 bits per heavy atom. The van der Waals surface area contributed by atoms with E-state index < -0.39 is 0 Å². The first kappa shape index (κ1) is 20.2. The summed E-state index contributed by atoms with van der Waals surface area (Å²) in [7, 11) is 0. The van der Waals surface area contributed by atoms with Crippen molar-refractivity contribution in [3.63, 3.8) is 0 Å². The van der Waals surface area contributed by atoms with Crippen molar-refractivity contribution in [1.29, 1.82) is 0 Å². The summed E-state index contributed by atoms with van der Waals surface area (Å²) < 4.78 is 1.20. The molecule has 0 atom stereocenters. The molecule has 0 fully saturated rings. The van der Waals surface area contributed by atoms with Crippen molar-refractivity contribution >= 4 is 39.4 Å². The van der Waals surface area contributed by atoms with Gasteiger partial charge in [0.05, 0.1) is 32.9 Å². The van der Waals surface area contributed by atoms with Crippen LogP contribution in [0.3, 0.4) is 0 Å². The normalized spacial score (nSPS) is 11.1. The molecule has 3 aromatic heterocycles. The molecule has 0 radical (unpaired) electrons. The van der Waals surface area contributed by atoms with E-state index in [4.69, 9.17) is 0 Å². The summed E-state index contributed by atoms with van der Waals surface area (Å²) in [6.07, 6.45) is 0.842. The van der Waals surface area contributed by atoms with Crippen LogP contribution in [0.5, 0.6) is 0 Å². The number of aromatic nitrogens is 3. The molecule has 2 N–H and O–H groups in total. The van der Waals surface area contributed by atoms with Crippen molar-refractivity contribution in [2.24, 2.45) is 0 Å². The van der Waals surface area contributed by atoms with Gasteiger partial charge in [-0.2, -0.15) is 0 Å². The van der Waals surface area contributed by atoms with Gasteiger partial charge in [-0.3, -0.25) is 19.5 Å². The number of aryl methyl sites for hydroxylation is 2. The minimum absolute atomic E-state index is 0.113. The molecular weight excluding hydrogens is 420 g/mol. The van der Waals surface area contributed by atoms with E-state index in [1.165, 1.54) is 9.56 Å². The van der Waals surface area contributed by atoms with Gasteiger partial charge in [0, 0.05) is 23.2 Å². The number of thiazole rings is 1. The van der Waals surface area contributed by atoms with E-state index in [1.807, 2.05) is 12.3 Å². The Morgan fingerprint density at radius 2 is 1.97 bits per heavy atom. The Bertz CT molecular complexity index is 1320. The van der Waals surface area contributed by atoms with Gasteiger partial charge >= 0.3 is 0 Å². The highest BCUT2D eigenvalue weighted by Crippen LogP contribution is 2.29. The second-order valence-corrected chi connectivity index (χ2v) is 9.04. The van der Waals surface area contributed by atoms with Crippen molar-refractivity contribution < 1.29 is 4.79 Å². The van der Waals surface area contributed by atoms with Gasteiger partial charge in [-0.1, -0.05) is 12.1 Å². The number of carbonyl (C=O) groups excluding carboxylic acids is 1. The number of aromatic amines is 1. The molecule has 7 nitrogen and oxygen atoms in total. The van der Waals surface area contributed by atoms with Crippen molar-refractivity contribution in [3.05, 3.63) is 72.4 Å². The molecule has 0 aliphatic carbocycles. The molecule has 0 aliphatic heterocycles. The predicted octanol–water partition coefficient (Wildman–Crippen LogP) is 2.93. The number of amides is 1. The fraction of sp³-hybridized carbons (Fsp3) is 0.238. The standard InChI is InChI=1S/C21H20N4O3S2/c1-13-23-17(12-29-13)18-7-6-14(30-18)8-10-22-19(26)9-11-25-21(28)16-5-3-2-4-15(16)20(27)24-25/h2-7,12H,8-11H2,1H3,(H,22,26)(H,24,27). The quantitative estimate of drug-likeness (QED) is 0.462. The lowest BCUT2D eigenvalue weighted by Crippen LogP contribution is -2.33. The van der Waals surface area contributed by atoms with Gasteiger partial charge in [0.1, 0.15) is 0 Å². The molecule has 3 heterocycles. The SMILES string of the molecule is Cc1nc(-c2ccc(CCNC(=O)CCn3[nH]c(=O)c4ccccc4c3=O)s2)cs1. The highest BCUT2D eigenvalue weighted by molar-refractivity contribution is 7.16. The van der Waals surface area contributed by atoms with Crippen LogP contribution in [0.2, 0.25) is 0 Å². The minimum atomic E-state index is -0.339. The van der Waals surface area contributed by atoms with E-state index in [1.54, 1.807) is 46.9 Å². The van der Waals surface area contributed by atoms with Crippen LogP contribution in [-0.2, 0) is 17.8 Å². The Labute approximate surface area is 180 Å². The van der Waals surface area contributed by atoms with E-state index in [9.17, 15) is 14.4 Å². The number of thiophene rings is 1. The number of benzene rings is 1. The number of hydrogen-bond donors (Lipinski definition) is 2. The van der Waals surface area contributed by atoms with Crippen LogP contribution in [-0.4, -0.2) is 27.2 Å². The highest BCUT2D eigenvalue weighted by Gasteiger charge is 2.09. The van der Waals surface area contributed by atoms with Crippen LogP contribution >= 0.6 is 22.7 Å². The maximum atomic E-state index is 12.5. The lowest BCUT2D eigenvalue weighted by atomic mass is 10.2. The molecule has 1 amide bonds. The minimum Gasteiger partial charge on any atom is -0.356 e. The topological polar surface area (TPSA) is 96.8 Å². The zero-order chi connectivity index (χ0) is 21.1.